The molecule has 0 aliphatic carbocycles. The van der Waals surface area contributed by atoms with Crippen molar-refractivity contribution in [1.29, 1.82) is 0 Å². The molecule has 32 heavy (non-hydrogen) atoms. The van der Waals surface area contributed by atoms with Crippen molar-refractivity contribution in [3.8, 4) is 5.75 Å². The normalized spacial score (nSPS) is 11.2. The maximum atomic E-state index is 12.5. The highest BCUT2D eigenvalue weighted by molar-refractivity contribution is 6.08. The zero-order valence-corrected chi connectivity index (χ0v) is 17.2. The minimum atomic E-state index is -0.399. The first-order valence-electron chi connectivity index (χ1n) is 10.3. The fourth-order valence-electron chi connectivity index (χ4n) is 3.52. The minimum absolute atomic E-state index is 0.221. The van der Waals surface area contributed by atoms with Crippen LogP contribution in [0.25, 0.3) is 21.7 Å². The number of nitrogens with zero attached hydrogens (tertiary/aromatic N) is 1. The van der Waals surface area contributed by atoms with E-state index in [0.717, 1.165) is 33.0 Å². The second-order valence-electron chi connectivity index (χ2n) is 7.35. The van der Waals surface area contributed by atoms with Crippen LogP contribution in [0.3, 0.4) is 0 Å². The van der Waals surface area contributed by atoms with E-state index in [2.05, 4.69) is 10.5 Å². The molecule has 1 heterocycles. The second kappa shape index (κ2) is 8.78. The van der Waals surface area contributed by atoms with E-state index in [1.807, 2.05) is 91.0 Å². The molecule has 5 nitrogen and oxygen atoms in total. The number of hydrazone groups is 1. The van der Waals surface area contributed by atoms with Gasteiger partial charge in [0.05, 0.1) is 6.21 Å². The smallest absolute Gasteiger partial charge is 0.307 e. The number of fused-ring (bicyclic) bond motifs is 3. The van der Waals surface area contributed by atoms with Crippen LogP contribution in [-0.2, 0) is 6.61 Å². The van der Waals surface area contributed by atoms with E-state index < -0.39 is 5.91 Å². The lowest BCUT2D eigenvalue weighted by Gasteiger charge is -2.06. The summed E-state index contributed by atoms with van der Waals surface area (Å²) >= 11 is 0. The number of furan rings is 1. The van der Waals surface area contributed by atoms with Crippen molar-refractivity contribution in [3.63, 3.8) is 0 Å². The Morgan fingerprint density at radius 1 is 0.875 bits per heavy atom. The van der Waals surface area contributed by atoms with Crippen LogP contribution in [-0.4, -0.2) is 12.1 Å². The Bertz CT molecular complexity index is 1400. The molecule has 0 unspecified atom stereocenters. The SMILES string of the molecule is O=C(NN=Cc1ccc(OCc2ccccc2)cc1)c1cc2c(ccc3ccccc32)o1. The van der Waals surface area contributed by atoms with Crippen molar-refractivity contribution in [3.05, 3.63) is 114 Å². The Morgan fingerprint density at radius 3 is 2.50 bits per heavy atom. The van der Waals surface area contributed by atoms with Crippen LogP contribution in [0.4, 0.5) is 0 Å². The summed E-state index contributed by atoms with van der Waals surface area (Å²) in [5.74, 6) is 0.590. The van der Waals surface area contributed by atoms with Gasteiger partial charge in [-0.2, -0.15) is 5.10 Å². The standard InChI is InChI=1S/C27H20N2O3/c30-27(26-16-24-23-9-5-4-8-21(23)12-15-25(24)32-26)29-28-17-19-10-13-22(14-11-19)31-18-20-6-2-1-3-7-20/h1-17H,18H2,(H,29,30). The number of hydrogen-bond acceptors (Lipinski definition) is 4. The number of amides is 1. The fourth-order valence-corrected chi connectivity index (χ4v) is 3.52. The molecule has 0 saturated heterocycles. The van der Waals surface area contributed by atoms with Crippen LogP contribution in [0, 0.1) is 0 Å². The molecule has 0 radical (unpaired) electrons. The summed E-state index contributed by atoms with van der Waals surface area (Å²) in [6.45, 7) is 0.511. The number of rotatable bonds is 6. The molecule has 0 aliphatic rings. The van der Waals surface area contributed by atoms with Gasteiger partial charge in [0.1, 0.15) is 17.9 Å². The molecule has 0 saturated carbocycles. The first-order valence-corrected chi connectivity index (χ1v) is 10.3. The van der Waals surface area contributed by atoms with Crippen molar-refractivity contribution in [2.75, 3.05) is 0 Å². The van der Waals surface area contributed by atoms with Gasteiger partial charge in [-0.1, -0.05) is 60.7 Å². The molecule has 5 aromatic rings. The average Bonchev–Trinajstić information content (AvgIpc) is 3.29. The second-order valence-corrected chi connectivity index (χ2v) is 7.35. The van der Waals surface area contributed by atoms with Gasteiger partial charge in [0.2, 0.25) is 0 Å². The van der Waals surface area contributed by atoms with Crippen molar-refractivity contribution in [1.82, 2.24) is 5.43 Å². The molecule has 0 bridgehead atoms. The minimum Gasteiger partial charge on any atom is -0.489 e. The fraction of sp³-hybridized carbons (Fsp3) is 0.0370. The van der Waals surface area contributed by atoms with E-state index in [1.165, 1.54) is 0 Å². The molecule has 1 aromatic heterocycles. The third-order valence-electron chi connectivity index (χ3n) is 5.16. The largest absolute Gasteiger partial charge is 0.489 e. The molecular formula is C27H20N2O3. The molecule has 156 valence electrons. The lowest BCUT2D eigenvalue weighted by molar-refractivity contribution is 0.0929. The topological polar surface area (TPSA) is 63.8 Å². The Labute approximate surface area is 184 Å². The van der Waals surface area contributed by atoms with Gasteiger partial charge in [0.25, 0.3) is 0 Å². The number of carbonyl (C=O) groups excluding carboxylic acids is 1. The van der Waals surface area contributed by atoms with Crippen molar-refractivity contribution in [2.24, 2.45) is 5.10 Å². The third-order valence-corrected chi connectivity index (χ3v) is 5.16. The van der Waals surface area contributed by atoms with E-state index in [9.17, 15) is 4.79 Å². The predicted octanol–water partition coefficient (Wildman–Crippen LogP) is 5.93. The first-order chi connectivity index (χ1) is 15.8. The monoisotopic (exact) mass is 420 g/mol. The van der Waals surface area contributed by atoms with Gasteiger partial charge < -0.3 is 9.15 Å². The summed E-state index contributed by atoms with van der Waals surface area (Å²) < 4.78 is 11.5. The molecule has 0 fully saturated rings. The van der Waals surface area contributed by atoms with Crippen LogP contribution in [0.2, 0.25) is 0 Å². The van der Waals surface area contributed by atoms with Gasteiger partial charge in [-0.3, -0.25) is 4.79 Å². The zero-order valence-electron chi connectivity index (χ0n) is 17.2. The van der Waals surface area contributed by atoms with Gasteiger partial charge >= 0.3 is 5.91 Å². The molecule has 5 rings (SSSR count). The number of carbonyl (C=O) groups is 1. The third kappa shape index (κ3) is 4.23. The number of nitrogens with one attached hydrogen (secondary N) is 1. The highest BCUT2D eigenvalue weighted by atomic mass is 16.5. The maximum Gasteiger partial charge on any atom is 0.307 e. The number of ether oxygens (including phenoxy) is 1. The van der Waals surface area contributed by atoms with E-state index in [0.29, 0.717) is 12.2 Å². The lowest BCUT2D eigenvalue weighted by atomic mass is 10.1. The molecule has 0 aliphatic heterocycles. The maximum absolute atomic E-state index is 12.5. The molecule has 4 aromatic carbocycles. The summed E-state index contributed by atoms with van der Waals surface area (Å²) in [6, 6.07) is 31.1. The van der Waals surface area contributed by atoms with E-state index in [-0.39, 0.29) is 5.76 Å². The van der Waals surface area contributed by atoms with Gasteiger partial charge in [-0.25, -0.2) is 5.43 Å². The lowest BCUT2D eigenvalue weighted by Crippen LogP contribution is -2.16. The summed E-state index contributed by atoms with van der Waals surface area (Å²) in [6.07, 6.45) is 1.58. The molecular weight excluding hydrogens is 400 g/mol. The van der Waals surface area contributed by atoms with Crippen molar-refractivity contribution < 1.29 is 13.9 Å². The van der Waals surface area contributed by atoms with Gasteiger partial charge in [-0.15, -0.1) is 0 Å². The average molecular weight is 420 g/mol. The Kier molecular flexibility index (Phi) is 5.37. The van der Waals surface area contributed by atoms with Gasteiger partial charge in [-0.05, 0) is 58.3 Å². The quantitative estimate of drug-likeness (QED) is 0.274. The van der Waals surface area contributed by atoms with Crippen LogP contribution >= 0.6 is 0 Å². The van der Waals surface area contributed by atoms with Crippen molar-refractivity contribution >= 4 is 33.9 Å². The first kappa shape index (κ1) is 19.6. The predicted molar refractivity (Wildman–Crippen MR) is 126 cm³/mol. The summed E-state index contributed by atoms with van der Waals surface area (Å²) in [4.78, 5) is 12.5. The Balaban J connectivity index is 1.22. The molecule has 1 amide bonds. The molecule has 1 N–H and O–H groups in total. The zero-order chi connectivity index (χ0) is 21.8. The molecule has 0 atom stereocenters. The van der Waals surface area contributed by atoms with Crippen LogP contribution in [0.15, 0.2) is 107 Å². The summed E-state index contributed by atoms with van der Waals surface area (Å²) in [5.41, 5.74) is 5.14. The highest BCUT2D eigenvalue weighted by Gasteiger charge is 2.13. The Morgan fingerprint density at radius 2 is 1.66 bits per heavy atom. The van der Waals surface area contributed by atoms with Gasteiger partial charge in [0, 0.05) is 5.39 Å². The number of hydrogen-bond donors (Lipinski definition) is 1. The summed E-state index contributed by atoms with van der Waals surface area (Å²) in [7, 11) is 0. The van der Waals surface area contributed by atoms with Gasteiger partial charge in [0.15, 0.2) is 5.76 Å². The molecule has 0 spiro atoms. The summed E-state index contributed by atoms with van der Waals surface area (Å²) in [5, 5.41) is 7.10. The van der Waals surface area contributed by atoms with Crippen LogP contribution in [0.1, 0.15) is 21.7 Å². The van der Waals surface area contributed by atoms with Crippen LogP contribution < -0.4 is 10.2 Å². The Hall–Kier alpha value is -4.38. The highest BCUT2D eigenvalue weighted by Crippen LogP contribution is 2.28. The molecule has 5 heteroatoms. The van der Waals surface area contributed by atoms with Crippen LogP contribution in [0.5, 0.6) is 5.75 Å². The van der Waals surface area contributed by atoms with E-state index >= 15 is 0 Å². The van der Waals surface area contributed by atoms with E-state index in [4.69, 9.17) is 9.15 Å². The van der Waals surface area contributed by atoms with Crippen molar-refractivity contribution in [2.45, 2.75) is 6.61 Å². The number of benzene rings is 4. The van der Waals surface area contributed by atoms with E-state index in [1.54, 1.807) is 12.3 Å².